The summed E-state index contributed by atoms with van der Waals surface area (Å²) in [7, 11) is 1.24. The van der Waals surface area contributed by atoms with Gasteiger partial charge in [0.15, 0.2) is 5.76 Å². The number of benzene rings is 1. The number of nitrogens with zero attached hydrogens (tertiary/aromatic N) is 3. The number of hydrogen-bond donors (Lipinski definition) is 4. The molecule has 1 aromatic rings. The number of hydrogen-bond acceptors (Lipinski definition) is 7. The van der Waals surface area contributed by atoms with Crippen LogP contribution in [0, 0.1) is 0 Å². The Kier molecular flexibility index (Phi) is 8.47. The smallest absolute Gasteiger partial charge is 0.449 e. The predicted octanol–water partition coefficient (Wildman–Crippen LogP) is 3.07. The third kappa shape index (κ3) is 5.18. The number of alkyl halides is 3. The molecule has 1 aromatic carbocycles. The number of carbonyl (C=O) groups excluding carboxylic acids is 2. The molecule has 1 atom stereocenters. The zero-order valence-electron chi connectivity index (χ0n) is 19.5. The van der Waals surface area contributed by atoms with Gasteiger partial charge in [-0.05, 0) is 25.0 Å². The van der Waals surface area contributed by atoms with Crippen molar-refractivity contribution < 1.29 is 37.4 Å². The van der Waals surface area contributed by atoms with Crippen LogP contribution in [0.3, 0.4) is 0 Å². The molecule has 1 unspecified atom stereocenters. The van der Waals surface area contributed by atoms with Crippen LogP contribution in [-0.4, -0.2) is 59.4 Å². The van der Waals surface area contributed by atoms with E-state index in [-0.39, 0.29) is 24.9 Å². The van der Waals surface area contributed by atoms with Crippen LogP contribution in [0.5, 0.6) is 0 Å². The maximum atomic E-state index is 14.1. The number of nitrogens with one attached hydrogen (secondary N) is 2. The molecule has 0 spiro atoms. The summed E-state index contributed by atoms with van der Waals surface area (Å²) in [6.45, 7) is 3.75. The summed E-state index contributed by atoms with van der Waals surface area (Å²) in [6.07, 6.45) is -6.41. The Labute approximate surface area is 210 Å². The number of rotatable bonds is 5. The Bertz CT molecular complexity index is 1110. The van der Waals surface area contributed by atoms with Crippen molar-refractivity contribution in [1.29, 1.82) is 0 Å². The van der Waals surface area contributed by atoms with Gasteiger partial charge in [0, 0.05) is 7.05 Å². The number of guanidine groups is 1. The quantitative estimate of drug-likeness (QED) is 0.424. The van der Waals surface area contributed by atoms with E-state index in [4.69, 9.17) is 10.8 Å². The molecule has 0 bridgehead atoms. The summed E-state index contributed by atoms with van der Waals surface area (Å²) in [5.41, 5.74) is 3.15. The third-order valence-electron chi connectivity index (χ3n) is 6.02. The molecular weight excluding hydrogens is 509 g/mol. The van der Waals surface area contributed by atoms with Crippen LogP contribution in [0.4, 0.5) is 28.4 Å². The second-order valence-electron chi connectivity index (χ2n) is 7.93. The van der Waals surface area contributed by atoms with Crippen LogP contribution < -0.4 is 21.3 Å². The molecular formula is C21H26ClF3N6O5. The minimum atomic E-state index is -4.94. The molecule has 0 aliphatic carbocycles. The predicted molar refractivity (Wildman–Crippen MR) is 126 cm³/mol. The first-order valence-corrected chi connectivity index (χ1v) is 10.6. The monoisotopic (exact) mass is 534 g/mol. The van der Waals surface area contributed by atoms with Gasteiger partial charge in [-0.1, -0.05) is 19.9 Å². The lowest BCUT2D eigenvalue weighted by Crippen LogP contribution is -2.57. The number of para-hydroxylation sites is 1. The first-order chi connectivity index (χ1) is 16.4. The number of nitrogens with two attached hydrogens (primary N) is 1. The number of aliphatic imine (C=N–C) groups is 1. The van der Waals surface area contributed by atoms with E-state index < -0.39 is 58.5 Å². The van der Waals surface area contributed by atoms with Crippen molar-refractivity contribution in [2.45, 2.75) is 44.6 Å². The van der Waals surface area contributed by atoms with Gasteiger partial charge in [-0.25, -0.2) is 14.6 Å². The van der Waals surface area contributed by atoms with Gasteiger partial charge in [-0.3, -0.25) is 14.6 Å². The molecule has 1 fully saturated rings. The second kappa shape index (κ2) is 10.6. The molecule has 0 radical (unpaired) electrons. The summed E-state index contributed by atoms with van der Waals surface area (Å²) in [5, 5.41) is 14.2. The minimum absolute atomic E-state index is 0. The fraction of sp³-hybridized carbons (Fsp3) is 0.429. The maximum Gasteiger partial charge on any atom is 0.511 e. The molecule has 0 saturated carbocycles. The standard InChI is InChI=1S/C21H25F3N6O5.ClH/c1-4-20(5-2)10-29(18(32)28-20)17-27-9-13(35-19(33)34)15(25)30(17)14-11(16(31)26-3)7-6-8-12(14)21(22,23)24;/h6-9,15H,4-5,10,25H2,1-3H3,(H,26,31)(H,28,32)(H,33,34);1H. The molecule has 2 heterocycles. The van der Waals surface area contributed by atoms with Gasteiger partial charge < -0.3 is 26.2 Å². The first-order valence-electron chi connectivity index (χ1n) is 10.6. The molecule has 36 heavy (non-hydrogen) atoms. The van der Waals surface area contributed by atoms with E-state index in [9.17, 15) is 27.6 Å². The zero-order valence-corrected chi connectivity index (χ0v) is 20.4. The van der Waals surface area contributed by atoms with Crippen molar-refractivity contribution in [3.05, 3.63) is 41.3 Å². The fourth-order valence-electron chi connectivity index (χ4n) is 4.01. The van der Waals surface area contributed by atoms with E-state index in [1.54, 1.807) is 0 Å². The van der Waals surface area contributed by atoms with Crippen molar-refractivity contribution in [2.24, 2.45) is 10.7 Å². The van der Waals surface area contributed by atoms with Crippen LogP contribution in [0.1, 0.15) is 42.6 Å². The van der Waals surface area contributed by atoms with Gasteiger partial charge in [0.25, 0.3) is 5.91 Å². The first kappa shape index (κ1) is 28.7. The van der Waals surface area contributed by atoms with Crippen LogP contribution >= 0.6 is 12.4 Å². The van der Waals surface area contributed by atoms with E-state index in [2.05, 4.69) is 20.4 Å². The van der Waals surface area contributed by atoms with Crippen LogP contribution in [-0.2, 0) is 10.9 Å². The lowest BCUT2D eigenvalue weighted by Gasteiger charge is -2.39. The lowest BCUT2D eigenvalue weighted by atomic mass is 9.94. The number of urea groups is 1. The number of halogens is 4. The van der Waals surface area contributed by atoms with Crippen molar-refractivity contribution >= 4 is 42.1 Å². The highest BCUT2D eigenvalue weighted by Gasteiger charge is 2.47. The van der Waals surface area contributed by atoms with Crippen LogP contribution in [0.2, 0.25) is 0 Å². The van der Waals surface area contributed by atoms with Gasteiger partial charge >= 0.3 is 18.4 Å². The van der Waals surface area contributed by atoms with Crippen LogP contribution in [0.25, 0.3) is 0 Å². The molecule has 1 saturated heterocycles. The summed E-state index contributed by atoms with van der Waals surface area (Å²) in [6, 6.07) is 2.31. The fourth-order valence-corrected chi connectivity index (χ4v) is 4.01. The SMILES string of the molecule is CCC1(CC)CN(C2=NC=C(OC(=O)O)C(N)N2c2c(C(=O)NC)cccc2C(F)(F)F)C(=O)N1.Cl. The molecule has 2 aliphatic rings. The summed E-state index contributed by atoms with van der Waals surface area (Å²) in [5.74, 6) is -1.69. The van der Waals surface area contributed by atoms with E-state index in [1.165, 1.54) is 7.05 Å². The highest BCUT2D eigenvalue weighted by Crippen LogP contribution is 2.41. The molecule has 3 rings (SSSR count). The average molecular weight is 535 g/mol. The zero-order chi connectivity index (χ0) is 26.1. The van der Waals surface area contributed by atoms with Crippen molar-refractivity contribution in [2.75, 3.05) is 18.5 Å². The molecule has 2 aliphatic heterocycles. The van der Waals surface area contributed by atoms with E-state index in [1.807, 2.05) is 13.8 Å². The molecule has 5 N–H and O–H groups in total. The maximum absolute atomic E-state index is 14.1. The van der Waals surface area contributed by atoms with Crippen molar-refractivity contribution in [1.82, 2.24) is 15.5 Å². The normalized spacial score (nSPS) is 19.1. The average Bonchev–Trinajstić information content (AvgIpc) is 3.15. The second-order valence-corrected chi connectivity index (χ2v) is 7.93. The van der Waals surface area contributed by atoms with Gasteiger partial charge in [-0.15, -0.1) is 12.4 Å². The minimum Gasteiger partial charge on any atom is -0.449 e. The number of carbonyl (C=O) groups is 3. The van der Waals surface area contributed by atoms with Gasteiger partial charge in [0.2, 0.25) is 5.96 Å². The van der Waals surface area contributed by atoms with E-state index in [0.717, 1.165) is 34.2 Å². The highest BCUT2D eigenvalue weighted by atomic mass is 35.5. The summed E-state index contributed by atoms with van der Waals surface area (Å²) < 4.78 is 47.0. The van der Waals surface area contributed by atoms with E-state index in [0.29, 0.717) is 12.8 Å². The summed E-state index contributed by atoms with van der Waals surface area (Å²) >= 11 is 0. The largest absolute Gasteiger partial charge is 0.511 e. The number of ether oxygens (including phenoxy) is 1. The molecule has 11 nitrogen and oxygen atoms in total. The van der Waals surface area contributed by atoms with Crippen LogP contribution in [0.15, 0.2) is 35.2 Å². The lowest BCUT2D eigenvalue weighted by molar-refractivity contribution is -0.137. The number of anilines is 1. The molecule has 15 heteroatoms. The van der Waals surface area contributed by atoms with Gasteiger partial charge in [-0.2, -0.15) is 13.2 Å². The molecule has 0 aromatic heterocycles. The third-order valence-corrected chi connectivity index (χ3v) is 6.02. The topological polar surface area (TPSA) is 150 Å². The molecule has 198 valence electrons. The van der Waals surface area contributed by atoms with Crippen molar-refractivity contribution in [3.63, 3.8) is 0 Å². The Morgan fingerprint density at radius 1 is 1.33 bits per heavy atom. The summed E-state index contributed by atoms with van der Waals surface area (Å²) in [4.78, 5) is 42.6. The Balaban J connectivity index is 0.00000456. The number of amides is 3. The highest BCUT2D eigenvalue weighted by molar-refractivity contribution is 6.12. The Hall–Kier alpha value is -3.52. The molecule has 3 amide bonds. The van der Waals surface area contributed by atoms with Crippen molar-refractivity contribution in [3.8, 4) is 0 Å². The number of carboxylic acid groups (broad SMARTS) is 1. The van der Waals surface area contributed by atoms with Gasteiger partial charge in [0.1, 0.15) is 6.17 Å². The Morgan fingerprint density at radius 3 is 2.47 bits per heavy atom. The van der Waals surface area contributed by atoms with Gasteiger partial charge in [0.05, 0.1) is 35.1 Å². The van der Waals surface area contributed by atoms with E-state index >= 15 is 0 Å². The Morgan fingerprint density at radius 2 is 1.97 bits per heavy atom.